The lowest BCUT2D eigenvalue weighted by molar-refractivity contribution is 0.0907. The van der Waals surface area contributed by atoms with E-state index in [9.17, 15) is 9.90 Å². The summed E-state index contributed by atoms with van der Waals surface area (Å²) in [7, 11) is 0. The number of hydrogen-bond donors (Lipinski definition) is 3. The Hall–Kier alpha value is -1.56. The molecule has 4 N–H and O–H groups in total. The summed E-state index contributed by atoms with van der Waals surface area (Å²) in [6.07, 6.45) is 2.52. The third-order valence-corrected chi connectivity index (χ3v) is 3.83. The van der Waals surface area contributed by atoms with Crippen LogP contribution in [0, 0.1) is 12.8 Å². The molecule has 1 saturated carbocycles. The molecule has 0 aliphatic heterocycles. The molecule has 6 nitrogen and oxygen atoms in total. The van der Waals surface area contributed by atoms with E-state index in [1.165, 1.54) is 0 Å². The quantitative estimate of drug-likeness (QED) is 0.747. The predicted molar refractivity (Wildman–Crippen MR) is 72.7 cm³/mol. The Morgan fingerprint density at radius 1 is 1.58 bits per heavy atom. The van der Waals surface area contributed by atoms with Gasteiger partial charge in [-0.25, -0.2) is 0 Å². The van der Waals surface area contributed by atoms with Gasteiger partial charge in [0.1, 0.15) is 5.69 Å². The summed E-state index contributed by atoms with van der Waals surface area (Å²) in [5.74, 6) is -0.0525. The van der Waals surface area contributed by atoms with Gasteiger partial charge in [0, 0.05) is 19.0 Å². The van der Waals surface area contributed by atoms with Crippen LogP contribution in [0.1, 0.15) is 42.4 Å². The van der Waals surface area contributed by atoms with Gasteiger partial charge in [0.2, 0.25) is 0 Å². The Labute approximate surface area is 113 Å². The number of anilines is 1. The third-order valence-electron chi connectivity index (χ3n) is 3.83. The van der Waals surface area contributed by atoms with Crippen molar-refractivity contribution >= 4 is 11.6 Å². The number of amides is 1. The van der Waals surface area contributed by atoms with Crippen LogP contribution >= 0.6 is 0 Å². The zero-order chi connectivity index (χ0) is 14.0. The molecule has 2 unspecified atom stereocenters. The van der Waals surface area contributed by atoms with Gasteiger partial charge in [-0.15, -0.1) is 0 Å². The molecule has 0 saturated heterocycles. The molecular weight excluding hydrogens is 244 g/mol. The van der Waals surface area contributed by atoms with Crippen LogP contribution in [0.4, 0.5) is 5.69 Å². The molecule has 0 bridgehead atoms. The Bertz CT molecular complexity index is 469. The van der Waals surface area contributed by atoms with Crippen molar-refractivity contribution in [2.24, 2.45) is 5.92 Å². The van der Waals surface area contributed by atoms with E-state index in [0.717, 1.165) is 19.3 Å². The maximum absolute atomic E-state index is 12.2. The van der Waals surface area contributed by atoms with E-state index >= 15 is 0 Å². The minimum Gasteiger partial charge on any atom is -0.395 e. The molecule has 1 aromatic rings. The van der Waals surface area contributed by atoms with Gasteiger partial charge in [0.05, 0.1) is 17.5 Å². The van der Waals surface area contributed by atoms with Crippen molar-refractivity contribution in [1.29, 1.82) is 0 Å². The molecule has 1 aliphatic carbocycles. The third kappa shape index (κ3) is 2.73. The molecule has 6 heteroatoms. The fraction of sp³-hybridized carbons (Fsp3) is 0.692. The number of rotatable bonds is 4. The first-order valence-electron chi connectivity index (χ1n) is 6.83. The Morgan fingerprint density at radius 3 is 2.89 bits per heavy atom. The van der Waals surface area contributed by atoms with Gasteiger partial charge in [-0.2, -0.15) is 5.10 Å². The summed E-state index contributed by atoms with van der Waals surface area (Å²) >= 11 is 0. The highest BCUT2D eigenvalue weighted by Crippen LogP contribution is 2.25. The molecule has 1 fully saturated rings. The summed E-state index contributed by atoms with van der Waals surface area (Å²) in [6, 6.07) is 0. The fourth-order valence-corrected chi connectivity index (χ4v) is 2.63. The van der Waals surface area contributed by atoms with Gasteiger partial charge in [-0.1, -0.05) is 6.42 Å². The second-order valence-corrected chi connectivity index (χ2v) is 5.13. The lowest BCUT2D eigenvalue weighted by Gasteiger charge is -2.15. The summed E-state index contributed by atoms with van der Waals surface area (Å²) < 4.78 is 1.62. The highest BCUT2D eigenvalue weighted by Gasteiger charge is 2.26. The van der Waals surface area contributed by atoms with Gasteiger partial charge < -0.3 is 16.2 Å². The second-order valence-electron chi connectivity index (χ2n) is 5.13. The maximum Gasteiger partial charge on any atom is 0.271 e. The van der Waals surface area contributed by atoms with Gasteiger partial charge in [-0.3, -0.25) is 9.48 Å². The second kappa shape index (κ2) is 5.61. The topological polar surface area (TPSA) is 93.2 Å². The van der Waals surface area contributed by atoms with E-state index in [0.29, 0.717) is 30.2 Å². The van der Waals surface area contributed by atoms with E-state index in [2.05, 4.69) is 10.4 Å². The van der Waals surface area contributed by atoms with Crippen molar-refractivity contribution in [3.05, 3.63) is 11.4 Å². The summed E-state index contributed by atoms with van der Waals surface area (Å²) in [5.41, 5.74) is 7.43. The number of aliphatic hydroxyl groups excluding tert-OH is 1. The van der Waals surface area contributed by atoms with Crippen molar-refractivity contribution in [2.45, 2.75) is 45.8 Å². The SMILES string of the molecule is CCn1nc(C)c(N)c1C(=O)NCC1CCCC1O. The first kappa shape index (κ1) is 13.9. The van der Waals surface area contributed by atoms with Crippen molar-refractivity contribution < 1.29 is 9.90 Å². The molecule has 19 heavy (non-hydrogen) atoms. The first-order chi connectivity index (χ1) is 9.04. The molecule has 1 heterocycles. The number of aliphatic hydroxyl groups is 1. The van der Waals surface area contributed by atoms with E-state index in [1.807, 2.05) is 6.92 Å². The summed E-state index contributed by atoms with van der Waals surface area (Å²) in [5, 5.41) is 16.8. The van der Waals surface area contributed by atoms with Crippen molar-refractivity contribution in [3.63, 3.8) is 0 Å². The highest BCUT2D eigenvalue weighted by molar-refractivity contribution is 5.97. The van der Waals surface area contributed by atoms with Crippen LogP contribution in [-0.4, -0.2) is 33.4 Å². The normalized spacial score (nSPS) is 22.7. The van der Waals surface area contributed by atoms with Gasteiger partial charge in [0.25, 0.3) is 5.91 Å². The molecular formula is C13H22N4O2. The molecule has 1 amide bonds. The Balaban J connectivity index is 2.03. The number of nitrogens with two attached hydrogens (primary N) is 1. The van der Waals surface area contributed by atoms with Crippen LogP contribution in [0.25, 0.3) is 0 Å². The molecule has 106 valence electrons. The monoisotopic (exact) mass is 266 g/mol. The van der Waals surface area contributed by atoms with E-state index in [1.54, 1.807) is 11.6 Å². The highest BCUT2D eigenvalue weighted by atomic mass is 16.3. The van der Waals surface area contributed by atoms with Crippen LogP contribution in [0.3, 0.4) is 0 Å². The van der Waals surface area contributed by atoms with Crippen LogP contribution in [0.2, 0.25) is 0 Å². The molecule has 2 rings (SSSR count). The Morgan fingerprint density at radius 2 is 2.32 bits per heavy atom. The molecule has 1 aliphatic rings. The van der Waals surface area contributed by atoms with Crippen LogP contribution in [-0.2, 0) is 6.54 Å². The maximum atomic E-state index is 12.2. The van der Waals surface area contributed by atoms with Crippen molar-refractivity contribution in [1.82, 2.24) is 15.1 Å². The summed E-state index contributed by atoms with van der Waals surface area (Å²) in [6.45, 7) is 4.81. The lowest BCUT2D eigenvalue weighted by atomic mass is 10.1. The minimum atomic E-state index is -0.296. The number of carbonyl (C=O) groups is 1. The first-order valence-corrected chi connectivity index (χ1v) is 6.83. The van der Waals surface area contributed by atoms with Gasteiger partial charge >= 0.3 is 0 Å². The van der Waals surface area contributed by atoms with Crippen LogP contribution < -0.4 is 11.1 Å². The summed E-state index contributed by atoms with van der Waals surface area (Å²) in [4.78, 5) is 12.2. The molecule has 0 spiro atoms. The molecule has 0 radical (unpaired) electrons. The minimum absolute atomic E-state index is 0.157. The van der Waals surface area contributed by atoms with Crippen molar-refractivity contribution in [3.8, 4) is 0 Å². The number of nitrogens with zero attached hydrogens (tertiary/aromatic N) is 2. The van der Waals surface area contributed by atoms with Gasteiger partial charge in [0.15, 0.2) is 0 Å². The molecule has 2 atom stereocenters. The van der Waals surface area contributed by atoms with Crippen molar-refractivity contribution in [2.75, 3.05) is 12.3 Å². The number of carbonyl (C=O) groups excluding carboxylic acids is 1. The Kier molecular flexibility index (Phi) is 4.09. The van der Waals surface area contributed by atoms with Crippen LogP contribution in [0.15, 0.2) is 0 Å². The average Bonchev–Trinajstić information content (AvgIpc) is 2.91. The average molecular weight is 266 g/mol. The van der Waals surface area contributed by atoms with E-state index in [4.69, 9.17) is 5.73 Å². The standard InChI is InChI=1S/C13H22N4O2/c1-3-17-12(11(14)8(2)16-17)13(19)15-7-9-5-4-6-10(9)18/h9-10,18H,3-7,14H2,1-2H3,(H,15,19). The predicted octanol–water partition coefficient (Wildman–Crippen LogP) is 0.684. The lowest BCUT2D eigenvalue weighted by Crippen LogP contribution is -2.34. The number of aryl methyl sites for hydroxylation is 2. The number of hydrogen-bond acceptors (Lipinski definition) is 4. The van der Waals surface area contributed by atoms with Crippen LogP contribution in [0.5, 0.6) is 0 Å². The molecule has 1 aromatic heterocycles. The van der Waals surface area contributed by atoms with E-state index in [-0.39, 0.29) is 17.9 Å². The molecule has 0 aromatic carbocycles. The zero-order valence-corrected chi connectivity index (χ0v) is 11.5. The number of nitrogens with one attached hydrogen (secondary N) is 1. The zero-order valence-electron chi connectivity index (χ0n) is 11.5. The van der Waals surface area contributed by atoms with Gasteiger partial charge in [-0.05, 0) is 26.7 Å². The number of aromatic nitrogens is 2. The number of nitrogen functional groups attached to an aromatic ring is 1. The fourth-order valence-electron chi connectivity index (χ4n) is 2.63. The smallest absolute Gasteiger partial charge is 0.271 e. The van der Waals surface area contributed by atoms with E-state index < -0.39 is 0 Å². The largest absolute Gasteiger partial charge is 0.395 e.